The molecular weight excluding hydrogens is 344 g/mol. The maximum Gasteiger partial charge on any atom is 0.273 e. The molecule has 1 N–H and O–H groups in total. The molecule has 0 saturated carbocycles. The van der Waals surface area contributed by atoms with Gasteiger partial charge in [-0.25, -0.2) is 0 Å². The van der Waals surface area contributed by atoms with Gasteiger partial charge in [-0.2, -0.15) is 10.2 Å². The third kappa shape index (κ3) is 5.05. The van der Waals surface area contributed by atoms with Gasteiger partial charge in [-0.3, -0.25) is 14.9 Å². The minimum absolute atomic E-state index is 0.0654. The van der Waals surface area contributed by atoms with E-state index in [-0.39, 0.29) is 18.0 Å². The number of nitro groups is 1. The predicted molar refractivity (Wildman–Crippen MR) is 102 cm³/mol. The van der Waals surface area contributed by atoms with E-state index in [4.69, 9.17) is 0 Å². The molecule has 3 rings (SSSR count). The molecule has 0 saturated heterocycles. The van der Waals surface area contributed by atoms with Crippen LogP contribution in [-0.2, 0) is 11.2 Å². The molecule has 134 valence electrons. The zero-order valence-electron chi connectivity index (χ0n) is 14.3. The summed E-state index contributed by atoms with van der Waals surface area (Å²) in [5, 5.41) is 22.0. The van der Waals surface area contributed by atoms with Crippen LogP contribution in [0, 0.1) is 10.1 Å². The maximum absolute atomic E-state index is 12.2. The first-order valence-electron chi connectivity index (χ1n) is 8.21. The second-order valence-corrected chi connectivity index (χ2v) is 5.69. The SMILES string of the molecule is O=C(Cc1ccccc1[N+](=O)[O-])Nc1ccc(N=Nc2ccccc2)cc1. The molecule has 0 heterocycles. The van der Waals surface area contributed by atoms with Gasteiger partial charge in [0.2, 0.25) is 5.91 Å². The van der Waals surface area contributed by atoms with Gasteiger partial charge in [-0.05, 0) is 36.4 Å². The molecule has 1 amide bonds. The molecule has 0 fully saturated rings. The monoisotopic (exact) mass is 360 g/mol. The average Bonchev–Trinajstić information content (AvgIpc) is 2.68. The Hall–Kier alpha value is -3.87. The van der Waals surface area contributed by atoms with E-state index in [1.807, 2.05) is 30.3 Å². The van der Waals surface area contributed by atoms with Crippen molar-refractivity contribution >= 4 is 28.7 Å². The number of para-hydroxylation sites is 1. The first-order chi connectivity index (χ1) is 13.1. The van der Waals surface area contributed by atoms with Crippen molar-refractivity contribution in [2.45, 2.75) is 6.42 Å². The fourth-order valence-corrected chi connectivity index (χ4v) is 2.44. The molecular formula is C20H16N4O3. The summed E-state index contributed by atoms with van der Waals surface area (Å²) in [5.41, 5.74) is 2.28. The summed E-state index contributed by atoms with van der Waals surface area (Å²) in [6.45, 7) is 0. The van der Waals surface area contributed by atoms with Crippen LogP contribution in [0.4, 0.5) is 22.7 Å². The highest BCUT2D eigenvalue weighted by molar-refractivity contribution is 5.92. The maximum atomic E-state index is 12.2. The first-order valence-corrected chi connectivity index (χ1v) is 8.21. The predicted octanol–water partition coefficient (Wildman–Crippen LogP) is 5.19. The number of nitrogens with zero attached hydrogens (tertiary/aromatic N) is 3. The van der Waals surface area contributed by atoms with Gasteiger partial charge >= 0.3 is 0 Å². The van der Waals surface area contributed by atoms with Crippen LogP contribution in [0.2, 0.25) is 0 Å². The van der Waals surface area contributed by atoms with Crippen molar-refractivity contribution < 1.29 is 9.72 Å². The molecule has 0 aliphatic carbocycles. The Morgan fingerprint density at radius 3 is 2.11 bits per heavy atom. The number of amides is 1. The second kappa shape index (κ2) is 8.48. The van der Waals surface area contributed by atoms with Gasteiger partial charge in [0, 0.05) is 17.3 Å². The number of carbonyl (C=O) groups excluding carboxylic acids is 1. The summed E-state index contributed by atoms with van der Waals surface area (Å²) in [7, 11) is 0. The molecule has 0 aliphatic rings. The van der Waals surface area contributed by atoms with E-state index in [2.05, 4.69) is 15.5 Å². The number of benzene rings is 3. The van der Waals surface area contributed by atoms with Crippen LogP contribution in [0.3, 0.4) is 0 Å². The van der Waals surface area contributed by atoms with Crippen molar-refractivity contribution in [2.75, 3.05) is 5.32 Å². The lowest BCUT2D eigenvalue weighted by molar-refractivity contribution is -0.385. The van der Waals surface area contributed by atoms with Crippen molar-refractivity contribution in [1.82, 2.24) is 0 Å². The highest BCUT2D eigenvalue weighted by Gasteiger charge is 2.15. The fourth-order valence-electron chi connectivity index (χ4n) is 2.44. The number of hydrogen-bond acceptors (Lipinski definition) is 5. The number of anilines is 1. The lowest BCUT2D eigenvalue weighted by Gasteiger charge is -2.06. The molecule has 0 radical (unpaired) electrons. The van der Waals surface area contributed by atoms with E-state index in [9.17, 15) is 14.9 Å². The summed E-state index contributed by atoms with van der Waals surface area (Å²) in [6.07, 6.45) is -0.0768. The number of carbonyl (C=O) groups is 1. The van der Waals surface area contributed by atoms with Crippen molar-refractivity contribution in [2.24, 2.45) is 10.2 Å². The second-order valence-electron chi connectivity index (χ2n) is 5.69. The number of rotatable bonds is 6. The normalized spacial score (nSPS) is 10.7. The summed E-state index contributed by atoms with van der Waals surface area (Å²) in [5.74, 6) is -0.331. The van der Waals surface area contributed by atoms with Gasteiger partial charge in [0.05, 0.1) is 22.7 Å². The molecule has 0 aromatic heterocycles. The number of hydrogen-bond donors (Lipinski definition) is 1. The topological polar surface area (TPSA) is 97.0 Å². The van der Waals surface area contributed by atoms with Crippen LogP contribution in [-0.4, -0.2) is 10.8 Å². The largest absolute Gasteiger partial charge is 0.326 e. The van der Waals surface area contributed by atoms with E-state index in [1.165, 1.54) is 6.07 Å². The third-order valence-electron chi connectivity index (χ3n) is 3.73. The number of azo groups is 1. The lowest BCUT2D eigenvalue weighted by atomic mass is 10.1. The minimum atomic E-state index is -0.491. The third-order valence-corrected chi connectivity index (χ3v) is 3.73. The van der Waals surface area contributed by atoms with Gasteiger partial charge in [-0.15, -0.1) is 0 Å². The molecule has 0 spiro atoms. The van der Waals surface area contributed by atoms with E-state index in [0.717, 1.165) is 5.69 Å². The Bertz CT molecular complexity index is 970. The van der Waals surface area contributed by atoms with E-state index < -0.39 is 4.92 Å². The molecule has 0 atom stereocenters. The fraction of sp³-hybridized carbons (Fsp3) is 0.0500. The number of nitrogens with one attached hydrogen (secondary N) is 1. The van der Waals surface area contributed by atoms with Crippen molar-refractivity contribution in [1.29, 1.82) is 0 Å². The molecule has 7 heteroatoms. The Kier molecular flexibility index (Phi) is 5.64. The van der Waals surface area contributed by atoms with Gasteiger partial charge in [0.15, 0.2) is 0 Å². The number of nitro benzene ring substituents is 1. The zero-order valence-corrected chi connectivity index (χ0v) is 14.3. The van der Waals surface area contributed by atoms with Crippen LogP contribution < -0.4 is 5.32 Å². The van der Waals surface area contributed by atoms with Gasteiger partial charge < -0.3 is 5.32 Å². The van der Waals surface area contributed by atoms with E-state index in [0.29, 0.717) is 16.9 Å². The summed E-state index contributed by atoms with van der Waals surface area (Å²) in [6, 6.07) is 22.4. The van der Waals surface area contributed by atoms with Crippen LogP contribution in [0.25, 0.3) is 0 Å². The molecule has 0 unspecified atom stereocenters. The van der Waals surface area contributed by atoms with Crippen molar-refractivity contribution in [3.05, 3.63) is 94.5 Å². The standard InChI is InChI=1S/C20H16N4O3/c25-20(14-15-6-4-5-9-19(15)24(26)27)21-16-10-12-18(13-11-16)23-22-17-7-2-1-3-8-17/h1-13H,14H2,(H,21,25). The van der Waals surface area contributed by atoms with E-state index in [1.54, 1.807) is 42.5 Å². The quantitative estimate of drug-likeness (QED) is 0.372. The first kappa shape index (κ1) is 17.9. The summed E-state index contributed by atoms with van der Waals surface area (Å²) in [4.78, 5) is 22.7. The Morgan fingerprint density at radius 2 is 1.44 bits per heavy atom. The Labute approximate surface area is 155 Å². The van der Waals surface area contributed by atoms with Crippen LogP contribution in [0.5, 0.6) is 0 Å². The molecule has 3 aromatic carbocycles. The molecule has 27 heavy (non-hydrogen) atoms. The van der Waals surface area contributed by atoms with Crippen LogP contribution in [0.15, 0.2) is 89.1 Å². The summed E-state index contributed by atoms with van der Waals surface area (Å²) >= 11 is 0. The van der Waals surface area contributed by atoms with Crippen LogP contribution >= 0.6 is 0 Å². The van der Waals surface area contributed by atoms with E-state index >= 15 is 0 Å². The van der Waals surface area contributed by atoms with Crippen molar-refractivity contribution in [3.63, 3.8) is 0 Å². The highest BCUT2D eigenvalue weighted by atomic mass is 16.6. The molecule has 0 bridgehead atoms. The van der Waals surface area contributed by atoms with Gasteiger partial charge in [0.25, 0.3) is 5.69 Å². The van der Waals surface area contributed by atoms with Crippen molar-refractivity contribution in [3.8, 4) is 0 Å². The van der Waals surface area contributed by atoms with Gasteiger partial charge in [0.1, 0.15) is 0 Å². The minimum Gasteiger partial charge on any atom is -0.326 e. The Morgan fingerprint density at radius 1 is 0.852 bits per heavy atom. The van der Waals surface area contributed by atoms with Gasteiger partial charge in [-0.1, -0.05) is 36.4 Å². The average molecular weight is 360 g/mol. The molecule has 0 aliphatic heterocycles. The zero-order chi connectivity index (χ0) is 19.1. The van der Waals surface area contributed by atoms with Crippen LogP contribution in [0.1, 0.15) is 5.56 Å². The summed E-state index contributed by atoms with van der Waals surface area (Å²) < 4.78 is 0. The Balaban J connectivity index is 1.62. The highest BCUT2D eigenvalue weighted by Crippen LogP contribution is 2.21. The smallest absolute Gasteiger partial charge is 0.273 e. The molecule has 3 aromatic rings. The lowest BCUT2D eigenvalue weighted by Crippen LogP contribution is -2.15. The molecule has 7 nitrogen and oxygen atoms in total.